The van der Waals surface area contributed by atoms with Gasteiger partial charge in [-0.2, -0.15) is 30.6 Å². The molecule has 0 spiro atoms. The maximum atomic E-state index is 13.3. The number of piperidine rings is 1. The van der Waals surface area contributed by atoms with E-state index >= 15 is 0 Å². The Bertz CT molecular complexity index is 1550. The smallest absolute Gasteiger partial charge is 0.481 e. The van der Waals surface area contributed by atoms with Gasteiger partial charge < -0.3 is 15.9 Å². The number of imidazole rings is 1. The first kappa shape index (κ1) is 30.6. The molecule has 1 atom stereocenters. The van der Waals surface area contributed by atoms with Crippen LogP contribution in [0.25, 0.3) is 16.9 Å². The molecule has 1 unspecified atom stereocenters. The van der Waals surface area contributed by atoms with Crippen molar-refractivity contribution in [2.75, 3.05) is 18.8 Å². The molecule has 0 aliphatic carbocycles. The van der Waals surface area contributed by atoms with E-state index < -0.39 is 51.7 Å². The highest BCUT2D eigenvalue weighted by molar-refractivity contribution is 7.89. The summed E-state index contributed by atoms with van der Waals surface area (Å²) >= 11 is 0. The van der Waals surface area contributed by atoms with E-state index in [2.05, 4.69) is 9.97 Å². The lowest BCUT2D eigenvalue weighted by Gasteiger charge is -2.30. The van der Waals surface area contributed by atoms with Gasteiger partial charge in [-0.05, 0) is 37.5 Å². The molecular formula is C22H21F6N5O6S. The van der Waals surface area contributed by atoms with Crippen molar-refractivity contribution in [1.29, 1.82) is 0 Å². The lowest BCUT2D eigenvalue weighted by Crippen LogP contribution is -2.42. The Morgan fingerprint density at radius 3 is 2.30 bits per heavy atom. The minimum atomic E-state index is -5.08. The van der Waals surface area contributed by atoms with Crippen LogP contribution in [0.2, 0.25) is 0 Å². The molecule has 1 fully saturated rings. The lowest BCUT2D eigenvalue weighted by molar-refractivity contribution is -0.192. The Hall–Kier alpha value is -3.93. The van der Waals surface area contributed by atoms with Gasteiger partial charge in [0.25, 0.3) is 0 Å². The maximum Gasteiger partial charge on any atom is 0.490 e. The maximum absolute atomic E-state index is 13.3. The number of halogens is 6. The monoisotopic (exact) mass is 597 g/mol. The SMILES string of the molecule is Cc1ccc(S(=O)(=O)N2CCCC(C(=O)O)C2)cc1-c1cnc2c(N)nc(C(F)(F)F)cn12.O=C(O)C(F)(F)F. The highest BCUT2D eigenvalue weighted by atomic mass is 32.2. The number of alkyl halides is 6. The van der Waals surface area contributed by atoms with Crippen molar-refractivity contribution in [3.05, 3.63) is 41.9 Å². The van der Waals surface area contributed by atoms with Crippen LogP contribution >= 0.6 is 0 Å². The molecule has 11 nitrogen and oxygen atoms in total. The molecule has 0 amide bonds. The molecule has 4 rings (SSSR count). The Kier molecular flexibility index (Phi) is 8.35. The fourth-order valence-electron chi connectivity index (χ4n) is 3.90. The Morgan fingerprint density at radius 2 is 1.75 bits per heavy atom. The van der Waals surface area contributed by atoms with Crippen molar-refractivity contribution in [3.8, 4) is 11.3 Å². The second-order valence-corrected chi connectivity index (χ2v) is 10.6. The van der Waals surface area contributed by atoms with Gasteiger partial charge in [-0.3, -0.25) is 9.20 Å². The third-order valence-corrected chi connectivity index (χ3v) is 7.77. The molecule has 0 radical (unpaired) electrons. The summed E-state index contributed by atoms with van der Waals surface area (Å²) in [7, 11) is -4.03. The molecule has 1 aromatic carbocycles. The van der Waals surface area contributed by atoms with Crippen molar-refractivity contribution < 1.29 is 54.6 Å². The Balaban J connectivity index is 0.000000559. The lowest BCUT2D eigenvalue weighted by atomic mass is 10.0. The molecule has 3 aromatic rings. The summed E-state index contributed by atoms with van der Waals surface area (Å²) in [6.45, 7) is 1.72. The van der Waals surface area contributed by atoms with Gasteiger partial charge in [-0.25, -0.2) is 23.2 Å². The standard InChI is InChI=1S/C20H20F3N5O4S.C2HF3O2/c1-11-4-5-13(33(31,32)27-6-2-3-12(9-27)19(29)30)7-14(11)15-8-25-18-17(24)26-16(10-28(15)18)20(21,22)23;3-2(4,5)1(6)7/h4-5,7-8,10,12H,2-3,6,9H2,1H3,(H2,24,26)(H,29,30);(H,6,7). The number of sulfonamides is 1. The third kappa shape index (κ3) is 6.44. The number of nitrogens with two attached hydrogens (primary N) is 1. The van der Waals surface area contributed by atoms with E-state index in [1.54, 1.807) is 6.92 Å². The molecule has 40 heavy (non-hydrogen) atoms. The van der Waals surface area contributed by atoms with Gasteiger partial charge in [0.1, 0.15) is 0 Å². The average Bonchev–Trinajstić information content (AvgIpc) is 3.28. The van der Waals surface area contributed by atoms with E-state index in [-0.39, 0.29) is 29.3 Å². The highest BCUT2D eigenvalue weighted by Crippen LogP contribution is 2.33. The van der Waals surface area contributed by atoms with Crippen LogP contribution in [0.4, 0.5) is 32.2 Å². The van der Waals surface area contributed by atoms with E-state index in [1.165, 1.54) is 24.4 Å². The summed E-state index contributed by atoms with van der Waals surface area (Å²) in [6, 6.07) is 4.27. The van der Waals surface area contributed by atoms with Crippen molar-refractivity contribution in [1.82, 2.24) is 18.7 Å². The van der Waals surface area contributed by atoms with E-state index in [9.17, 15) is 44.7 Å². The molecule has 218 valence electrons. The van der Waals surface area contributed by atoms with Crippen molar-refractivity contribution in [2.24, 2.45) is 5.92 Å². The van der Waals surface area contributed by atoms with Gasteiger partial charge in [0.2, 0.25) is 10.0 Å². The average molecular weight is 597 g/mol. The fourth-order valence-corrected chi connectivity index (χ4v) is 5.45. The molecule has 2 aromatic heterocycles. The summed E-state index contributed by atoms with van der Waals surface area (Å²) < 4.78 is 100. The van der Waals surface area contributed by atoms with Crippen LogP contribution < -0.4 is 5.73 Å². The molecule has 0 bridgehead atoms. The molecule has 1 saturated heterocycles. The number of aryl methyl sites for hydroxylation is 1. The number of nitrogen functional groups attached to an aromatic ring is 1. The van der Waals surface area contributed by atoms with Gasteiger partial charge >= 0.3 is 24.3 Å². The van der Waals surface area contributed by atoms with E-state index in [4.69, 9.17) is 15.6 Å². The summed E-state index contributed by atoms with van der Waals surface area (Å²) in [5.41, 5.74) is 5.62. The Morgan fingerprint density at radius 1 is 1.12 bits per heavy atom. The third-order valence-electron chi connectivity index (χ3n) is 5.91. The molecule has 0 saturated carbocycles. The van der Waals surface area contributed by atoms with Gasteiger partial charge in [0.15, 0.2) is 17.2 Å². The van der Waals surface area contributed by atoms with Crippen LogP contribution in [-0.4, -0.2) is 68.5 Å². The highest BCUT2D eigenvalue weighted by Gasteiger charge is 2.38. The van der Waals surface area contributed by atoms with Crippen molar-refractivity contribution in [2.45, 2.75) is 37.0 Å². The molecule has 3 heterocycles. The summed E-state index contributed by atoms with van der Waals surface area (Å²) in [5.74, 6) is -5.02. The van der Waals surface area contributed by atoms with Crippen LogP contribution in [0.1, 0.15) is 24.1 Å². The van der Waals surface area contributed by atoms with Crippen LogP contribution in [0, 0.1) is 12.8 Å². The number of hydrogen-bond donors (Lipinski definition) is 3. The fraction of sp³-hybridized carbons (Fsp3) is 0.364. The number of fused-ring (bicyclic) bond motifs is 1. The quantitative estimate of drug-likeness (QED) is 0.382. The zero-order valence-electron chi connectivity index (χ0n) is 20.4. The first-order valence-electron chi connectivity index (χ1n) is 11.2. The number of aliphatic carboxylic acids is 2. The van der Waals surface area contributed by atoms with Crippen molar-refractivity contribution >= 4 is 33.4 Å². The van der Waals surface area contributed by atoms with Crippen LogP contribution in [0.5, 0.6) is 0 Å². The second kappa shape index (κ2) is 10.9. The van der Waals surface area contributed by atoms with Gasteiger partial charge in [0.05, 0.1) is 22.7 Å². The zero-order chi connectivity index (χ0) is 30.2. The predicted molar refractivity (Wildman–Crippen MR) is 125 cm³/mol. The van der Waals surface area contributed by atoms with Crippen LogP contribution in [-0.2, 0) is 25.8 Å². The number of anilines is 1. The molecule has 4 N–H and O–H groups in total. The largest absolute Gasteiger partial charge is 0.490 e. The number of carbonyl (C=O) groups is 2. The number of hydrogen-bond acceptors (Lipinski definition) is 7. The van der Waals surface area contributed by atoms with E-state index in [0.29, 0.717) is 24.0 Å². The zero-order valence-corrected chi connectivity index (χ0v) is 21.2. The molecular weight excluding hydrogens is 576 g/mol. The summed E-state index contributed by atoms with van der Waals surface area (Å²) in [6.07, 6.45) is -6.96. The first-order chi connectivity index (χ1) is 18.3. The predicted octanol–water partition coefficient (Wildman–Crippen LogP) is 3.42. The summed E-state index contributed by atoms with van der Waals surface area (Å²) in [4.78, 5) is 27.6. The van der Waals surface area contributed by atoms with Crippen LogP contribution in [0.3, 0.4) is 0 Å². The topological polar surface area (TPSA) is 168 Å². The first-order valence-corrected chi connectivity index (χ1v) is 12.6. The minimum absolute atomic E-state index is 0.00555. The van der Waals surface area contributed by atoms with E-state index in [0.717, 1.165) is 14.9 Å². The molecule has 18 heteroatoms. The number of aromatic nitrogens is 3. The number of nitrogens with zero attached hydrogens (tertiary/aromatic N) is 4. The van der Waals surface area contributed by atoms with E-state index in [1.807, 2.05) is 0 Å². The Labute approximate surface area is 221 Å². The van der Waals surface area contributed by atoms with Crippen LogP contribution in [0.15, 0.2) is 35.5 Å². The minimum Gasteiger partial charge on any atom is -0.481 e. The normalized spacial score (nSPS) is 16.8. The number of benzene rings is 1. The molecule has 1 aliphatic heterocycles. The molecule has 1 aliphatic rings. The van der Waals surface area contributed by atoms with Gasteiger partial charge in [-0.1, -0.05) is 6.07 Å². The number of carboxylic acid groups (broad SMARTS) is 2. The van der Waals surface area contributed by atoms with Gasteiger partial charge in [0, 0.05) is 24.8 Å². The van der Waals surface area contributed by atoms with Gasteiger partial charge in [-0.15, -0.1) is 0 Å². The second-order valence-electron chi connectivity index (χ2n) is 8.67. The number of rotatable bonds is 4. The number of carboxylic acids is 2. The van der Waals surface area contributed by atoms with Crippen molar-refractivity contribution in [3.63, 3.8) is 0 Å². The summed E-state index contributed by atoms with van der Waals surface area (Å²) in [5, 5.41) is 16.4.